The van der Waals surface area contributed by atoms with Gasteiger partial charge in [-0.1, -0.05) is 50.0 Å². The van der Waals surface area contributed by atoms with Gasteiger partial charge in [-0.15, -0.1) is 11.8 Å². The predicted molar refractivity (Wildman–Crippen MR) is 135 cm³/mol. The van der Waals surface area contributed by atoms with Crippen molar-refractivity contribution in [3.63, 3.8) is 0 Å². The molecular weight excluding hydrogens is 488 g/mol. The number of benzene rings is 2. The van der Waals surface area contributed by atoms with Gasteiger partial charge >= 0.3 is 6.09 Å². The maximum atomic E-state index is 11.1. The summed E-state index contributed by atoms with van der Waals surface area (Å²) in [7, 11) is -1.12. The molecule has 164 valence electrons. The van der Waals surface area contributed by atoms with Crippen LogP contribution in [0.4, 0.5) is 4.79 Å². The Bertz CT molecular complexity index is 975. The summed E-state index contributed by atoms with van der Waals surface area (Å²) in [6, 6.07) is 16.2. The maximum absolute atomic E-state index is 11.1. The van der Waals surface area contributed by atoms with Gasteiger partial charge in [0.05, 0.1) is 5.56 Å². The summed E-state index contributed by atoms with van der Waals surface area (Å²) in [6.07, 6.45) is 0.878. The highest BCUT2D eigenvalue weighted by molar-refractivity contribution is 9.10. The smallest absolute Gasteiger partial charge is 0.407 e. The molecular formula is C24H29BrN2O2SSi. The number of carboxylic acid groups (broad SMARTS) is 1. The van der Waals surface area contributed by atoms with Crippen molar-refractivity contribution in [2.45, 2.75) is 49.3 Å². The minimum Gasteiger partial charge on any atom is -0.465 e. The van der Waals surface area contributed by atoms with Crippen LogP contribution < -0.4 is 0 Å². The largest absolute Gasteiger partial charge is 0.465 e. The van der Waals surface area contributed by atoms with Gasteiger partial charge in [-0.25, -0.2) is 4.79 Å². The zero-order valence-corrected chi connectivity index (χ0v) is 21.7. The van der Waals surface area contributed by atoms with Crippen LogP contribution in [0.5, 0.6) is 0 Å². The molecule has 1 aliphatic heterocycles. The molecule has 0 saturated carbocycles. The van der Waals surface area contributed by atoms with Crippen LogP contribution in [0.2, 0.25) is 25.7 Å². The fourth-order valence-electron chi connectivity index (χ4n) is 3.85. The molecule has 1 N–H and O–H groups in total. The number of nitrogens with zero attached hydrogens (tertiary/aromatic N) is 2. The summed E-state index contributed by atoms with van der Waals surface area (Å²) in [5.41, 5.74) is 3.99. The SMILES string of the molecule is C[Si](C)(C)CCSc1c(Br)ccc(-c2ccc(C3CCN(C(=O)O)CC3)cc2)c1C#N. The van der Waals surface area contributed by atoms with Gasteiger partial charge in [0.2, 0.25) is 0 Å². The van der Waals surface area contributed by atoms with E-state index in [4.69, 9.17) is 5.11 Å². The van der Waals surface area contributed by atoms with Crippen LogP contribution in [-0.2, 0) is 0 Å². The number of likely N-dealkylation sites (tertiary alicyclic amines) is 1. The first-order chi connectivity index (χ1) is 14.7. The first-order valence-corrected chi connectivity index (χ1v) is 16.1. The second kappa shape index (κ2) is 10.2. The predicted octanol–water partition coefficient (Wildman–Crippen LogP) is 7.28. The van der Waals surface area contributed by atoms with Crippen LogP contribution in [0, 0.1) is 11.3 Å². The average molecular weight is 518 g/mol. The molecule has 0 spiro atoms. The van der Waals surface area contributed by atoms with Gasteiger partial charge in [-0.2, -0.15) is 5.26 Å². The summed E-state index contributed by atoms with van der Waals surface area (Å²) in [5.74, 6) is 1.41. The Kier molecular flexibility index (Phi) is 7.90. The van der Waals surface area contributed by atoms with E-state index in [1.807, 2.05) is 12.1 Å². The number of hydrogen-bond acceptors (Lipinski definition) is 3. The number of amides is 1. The lowest BCUT2D eigenvalue weighted by Crippen LogP contribution is -2.36. The van der Waals surface area contributed by atoms with Gasteiger partial charge in [0.25, 0.3) is 0 Å². The Balaban J connectivity index is 1.79. The molecule has 1 saturated heterocycles. The summed E-state index contributed by atoms with van der Waals surface area (Å²) >= 11 is 5.42. The Morgan fingerprint density at radius 1 is 1.19 bits per heavy atom. The molecule has 4 nitrogen and oxygen atoms in total. The molecule has 0 atom stereocenters. The van der Waals surface area contributed by atoms with E-state index in [9.17, 15) is 10.1 Å². The van der Waals surface area contributed by atoms with Crippen molar-refractivity contribution in [2.24, 2.45) is 0 Å². The number of halogens is 1. The zero-order chi connectivity index (χ0) is 22.6. The fourth-order valence-corrected chi connectivity index (χ4v) is 8.09. The normalized spacial score (nSPS) is 15.0. The lowest BCUT2D eigenvalue weighted by atomic mass is 9.88. The van der Waals surface area contributed by atoms with Crippen LogP contribution in [-0.4, -0.2) is 43.0 Å². The van der Waals surface area contributed by atoms with Crippen LogP contribution in [0.25, 0.3) is 11.1 Å². The first-order valence-electron chi connectivity index (χ1n) is 10.6. The summed E-state index contributed by atoms with van der Waals surface area (Å²) in [4.78, 5) is 13.6. The number of carbonyl (C=O) groups is 1. The minimum atomic E-state index is -1.12. The lowest BCUT2D eigenvalue weighted by molar-refractivity contribution is 0.132. The van der Waals surface area contributed by atoms with E-state index < -0.39 is 14.2 Å². The fraction of sp³-hybridized carbons (Fsp3) is 0.417. The third kappa shape index (κ3) is 6.15. The lowest BCUT2D eigenvalue weighted by Gasteiger charge is -2.30. The molecule has 0 unspecified atom stereocenters. The van der Waals surface area contributed by atoms with Gasteiger partial charge < -0.3 is 10.0 Å². The number of piperidine rings is 1. The Morgan fingerprint density at radius 2 is 1.84 bits per heavy atom. The van der Waals surface area contributed by atoms with Crippen molar-refractivity contribution in [1.82, 2.24) is 4.90 Å². The van der Waals surface area contributed by atoms with E-state index in [0.29, 0.717) is 19.0 Å². The molecule has 3 rings (SSSR count). The third-order valence-electron chi connectivity index (χ3n) is 5.78. The van der Waals surface area contributed by atoms with Gasteiger partial charge in [0.15, 0.2) is 0 Å². The number of rotatable bonds is 6. The molecule has 7 heteroatoms. The zero-order valence-electron chi connectivity index (χ0n) is 18.3. The second-order valence-corrected chi connectivity index (χ2v) is 16.8. The van der Waals surface area contributed by atoms with E-state index in [1.54, 1.807) is 11.8 Å². The number of hydrogen-bond donors (Lipinski definition) is 1. The van der Waals surface area contributed by atoms with E-state index >= 15 is 0 Å². The monoisotopic (exact) mass is 516 g/mol. The second-order valence-electron chi connectivity index (χ2n) is 9.24. The Morgan fingerprint density at radius 3 is 2.39 bits per heavy atom. The molecule has 1 aliphatic rings. The number of thioether (sulfide) groups is 1. The highest BCUT2D eigenvalue weighted by Gasteiger charge is 2.23. The molecule has 2 aromatic carbocycles. The minimum absolute atomic E-state index is 0.387. The van der Waals surface area contributed by atoms with Gasteiger partial charge in [-0.3, -0.25) is 0 Å². The highest BCUT2D eigenvalue weighted by atomic mass is 79.9. The van der Waals surface area contributed by atoms with Gasteiger partial charge in [0, 0.05) is 36.1 Å². The van der Waals surface area contributed by atoms with E-state index in [1.165, 1.54) is 16.5 Å². The van der Waals surface area contributed by atoms with Crippen molar-refractivity contribution >= 4 is 41.9 Å². The third-order valence-corrected chi connectivity index (χ3v) is 9.94. The van der Waals surface area contributed by atoms with Crippen LogP contribution >= 0.6 is 27.7 Å². The molecule has 0 radical (unpaired) electrons. The van der Waals surface area contributed by atoms with Gasteiger partial charge in [0.1, 0.15) is 6.07 Å². The molecule has 31 heavy (non-hydrogen) atoms. The molecule has 1 fully saturated rings. The molecule has 0 aromatic heterocycles. The summed E-state index contributed by atoms with van der Waals surface area (Å²) in [6.45, 7) is 8.29. The molecule has 0 bridgehead atoms. The summed E-state index contributed by atoms with van der Waals surface area (Å²) in [5, 5.41) is 19.1. The van der Waals surface area contributed by atoms with Crippen molar-refractivity contribution < 1.29 is 9.90 Å². The molecule has 1 heterocycles. The standard InChI is InChI=1S/C24H29BrN2O2SSi/c1-31(2,3)15-14-30-23-21(16-26)20(8-9-22(23)25)19-6-4-17(5-7-19)18-10-12-27(13-11-18)24(28)29/h4-9,18H,10-15H2,1-3H3,(H,28,29). The molecule has 2 aromatic rings. The van der Waals surface area contributed by atoms with Crippen LogP contribution in [0.15, 0.2) is 45.8 Å². The van der Waals surface area contributed by atoms with Crippen molar-refractivity contribution in [2.75, 3.05) is 18.8 Å². The van der Waals surface area contributed by atoms with E-state index in [-0.39, 0.29) is 0 Å². The van der Waals surface area contributed by atoms with Crippen molar-refractivity contribution in [1.29, 1.82) is 5.26 Å². The maximum Gasteiger partial charge on any atom is 0.407 e. The Hall–Kier alpha value is -1.75. The van der Waals surface area contributed by atoms with Crippen molar-refractivity contribution in [3.8, 4) is 17.2 Å². The van der Waals surface area contributed by atoms with E-state index in [0.717, 1.165) is 44.7 Å². The first kappa shape index (κ1) is 23.9. The highest BCUT2D eigenvalue weighted by Crippen LogP contribution is 2.38. The van der Waals surface area contributed by atoms with E-state index in [2.05, 4.69) is 65.9 Å². The van der Waals surface area contributed by atoms with Crippen LogP contribution in [0.3, 0.4) is 0 Å². The number of nitriles is 1. The van der Waals surface area contributed by atoms with Gasteiger partial charge in [-0.05, 0) is 63.7 Å². The average Bonchev–Trinajstić information content (AvgIpc) is 2.74. The quantitative estimate of drug-likeness (QED) is 0.323. The topological polar surface area (TPSA) is 64.3 Å². The molecule has 1 amide bonds. The van der Waals surface area contributed by atoms with Crippen molar-refractivity contribution in [3.05, 3.63) is 52.0 Å². The van der Waals surface area contributed by atoms with Crippen LogP contribution in [0.1, 0.15) is 29.9 Å². The Labute approximate surface area is 198 Å². The summed E-state index contributed by atoms with van der Waals surface area (Å²) < 4.78 is 0.982. The molecule has 0 aliphatic carbocycles.